The van der Waals surface area contributed by atoms with Crippen molar-refractivity contribution in [2.45, 2.75) is 12.6 Å². The van der Waals surface area contributed by atoms with Crippen molar-refractivity contribution in [1.82, 2.24) is 0 Å². The van der Waals surface area contributed by atoms with Crippen LogP contribution in [-0.2, 0) is 10.5 Å². The van der Waals surface area contributed by atoms with E-state index in [0.717, 1.165) is 6.92 Å². The van der Waals surface area contributed by atoms with Gasteiger partial charge in [-0.3, -0.25) is 0 Å². The molecule has 1 heterocycles. The average Bonchev–Trinajstić information content (AvgIpc) is 2.35. The first kappa shape index (κ1) is 9.06. The first-order valence-electron chi connectivity index (χ1n) is 3.12. The molecule has 1 rings (SSSR count). The molecule has 0 aromatic carbocycles. The van der Waals surface area contributed by atoms with E-state index in [9.17, 15) is 9.18 Å². The molecule has 0 spiro atoms. The standard InChI is InChI=1S/C7H6ClFO3/c1-7(9,6(10)11)4-2-3-5(8)12-4/h2-3H,1H3,(H,10,11). The van der Waals surface area contributed by atoms with E-state index in [4.69, 9.17) is 16.7 Å². The smallest absolute Gasteiger partial charge is 0.349 e. The van der Waals surface area contributed by atoms with E-state index < -0.39 is 11.6 Å². The first-order valence-corrected chi connectivity index (χ1v) is 3.50. The van der Waals surface area contributed by atoms with Gasteiger partial charge in [-0.15, -0.1) is 0 Å². The van der Waals surface area contributed by atoms with Crippen molar-refractivity contribution in [3.63, 3.8) is 0 Å². The summed E-state index contributed by atoms with van der Waals surface area (Å²) < 4.78 is 17.8. The van der Waals surface area contributed by atoms with Crippen molar-refractivity contribution in [1.29, 1.82) is 0 Å². The minimum absolute atomic E-state index is 0.0323. The normalized spacial score (nSPS) is 15.6. The van der Waals surface area contributed by atoms with Crippen LogP contribution in [-0.4, -0.2) is 11.1 Å². The van der Waals surface area contributed by atoms with Gasteiger partial charge in [0.1, 0.15) is 0 Å². The lowest BCUT2D eigenvalue weighted by atomic mass is 10.1. The van der Waals surface area contributed by atoms with Crippen molar-refractivity contribution >= 4 is 17.6 Å². The number of halogens is 2. The number of carboxylic acid groups (broad SMARTS) is 1. The summed E-state index contributed by atoms with van der Waals surface area (Å²) in [7, 11) is 0. The van der Waals surface area contributed by atoms with Gasteiger partial charge in [0.05, 0.1) is 0 Å². The van der Waals surface area contributed by atoms with Gasteiger partial charge in [0.2, 0.25) is 0 Å². The third-order valence-electron chi connectivity index (χ3n) is 1.44. The highest BCUT2D eigenvalue weighted by Gasteiger charge is 2.38. The molecule has 0 aliphatic carbocycles. The van der Waals surface area contributed by atoms with E-state index in [1.807, 2.05) is 0 Å². The molecule has 1 aromatic heterocycles. The van der Waals surface area contributed by atoms with Gasteiger partial charge in [-0.1, -0.05) is 0 Å². The summed E-state index contributed by atoms with van der Waals surface area (Å²) in [5.74, 6) is -1.91. The van der Waals surface area contributed by atoms with Gasteiger partial charge in [0.15, 0.2) is 11.0 Å². The molecular formula is C7H6ClFO3. The molecule has 66 valence electrons. The molecule has 1 unspecified atom stereocenters. The molecule has 0 radical (unpaired) electrons. The second-order valence-corrected chi connectivity index (χ2v) is 2.78. The van der Waals surface area contributed by atoms with Crippen molar-refractivity contribution in [3.8, 4) is 0 Å². The van der Waals surface area contributed by atoms with E-state index in [2.05, 4.69) is 4.42 Å². The Morgan fingerprint density at radius 1 is 1.75 bits per heavy atom. The van der Waals surface area contributed by atoms with E-state index in [-0.39, 0.29) is 11.0 Å². The summed E-state index contributed by atoms with van der Waals surface area (Å²) in [6.07, 6.45) is 0. The van der Waals surface area contributed by atoms with Crippen LogP contribution in [0.15, 0.2) is 16.5 Å². The number of carbonyl (C=O) groups is 1. The molecule has 0 aliphatic rings. The molecule has 12 heavy (non-hydrogen) atoms. The van der Waals surface area contributed by atoms with Gasteiger partial charge in [0.25, 0.3) is 5.67 Å². The summed E-state index contributed by atoms with van der Waals surface area (Å²) >= 11 is 5.34. The van der Waals surface area contributed by atoms with Crippen molar-refractivity contribution < 1.29 is 18.7 Å². The van der Waals surface area contributed by atoms with Crippen LogP contribution in [0.5, 0.6) is 0 Å². The minimum atomic E-state index is -2.52. The Bertz CT molecular complexity index is 305. The Labute approximate surface area is 72.7 Å². The van der Waals surface area contributed by atoms with Crippen molar-refractivity contribution in [2.24, 2.45) is 0 Å². The van der Waals surface area contributed by atoms with Gasteiger partial charge >= 0.3 is 5.97 Å². The zero-order valence-electron chi connectivity index (χ0n) is 6.17. The number of carboxylic acids is 1. The van der Waals surface area contributed by atoms with Crippen LogP contribution in [0.4, 0.5) is 4.39 Å². The Kier molecular flexibility index (Phi) is 2.10. The lowest BCUT2D eigenvalue weighted by molar-refractivity contribution is -0.151. The van der Waals surface area contributed by atoms with Crippen LogP contribution in [0.25, 0.3) is 0 Å². The Balaban J connectivity index is 3.05. The summed E-state index contributed by atoms with van der Waals surface area (Å²) in [5, 5.41) is 8.39. The number of alkyl halides is 1. The molecule has 0 amide bonds. The summed E-state index contributed by atoms with van der Waals surface area (Å²) in [5.41, 5.74) is -2.52. The number of hydrogen-bond donors (Lipinski definition) is 1. The van der Waals surface area contributed by atoms with E-state index in [0.29, 0.717) is 0 Å². The maximum absolute atomic E-state index is 13.2. The van der Waals surface area contributed by atoms with Gasteiger partial charge < -0.3 is 9.52 Å². The minimum Gasteiger partial charge on any atom is -0.479 e. The quantitative estimate of drug-likeness (QED) is 0.782. The molecule has 0 saturated carbocycles. The molecule has 1 atom stereocenters. The second-order valence-electron chi connectivity index (χ2n) is 2.41. The highest BCUT2D eigenvalue weighted by atomic mass is 35.5. The van der Waals surface area contributed by atoms with Crippen LogP contribution >= 0.6 is 11.6 Å². The third kappa shape index (κ3) is 1.43. The predicted molar refractivity (Wildman–Crippen MR) is 39.8 cm³/mol. The predicted octanol–water partition coefficient (Wildman–Crippen LogP) is 2.20. The molecule has 5 heteroatoms. The molecule has 3 nitrogen and oxygen atoms in total. The number of rotatable bonds is 2. The lowest BCUT2D eigenvalue weighted by Gasteiger charge is -2.10. The van der Waals surface area contributed by atoms with Gasteiger partial charge in [-0.05, 0) is 30.7 Å². The fraction of sp³-hybridized carbons (Fsp3) is 0.286. The Hall–Kier alpha value is -1.03. The third-order valence-corrected chi connectivity index (χ3v) is 1.64. The number of hydrogen-bond acceptors (Lipinski definition) is 2. The van der Waals surface area contributed by atoms with Crippen LogP contribution in [0.3, 0.4) is 0 Å². The lowest BCUT2D eigenvalue weighted by Crippen LogP contribution is -2.26. The van der Waals surface area contributed by atoms with Gasteiger partial charge in [-0.2, -0.15) is 0 Å². The summed E-state index contributed by atoms with van der Waals surface area (Å²) in [4.78, 5) is 10.4. The zero-order valence-corrected chi connectivity index (χ0v) is 6.93. The van der Waals surface area contributed by atoms with Crippen molar-refractivity contribution in [2.75, 3.05) is 0 Å². The fourth-order valence-electron chi connectivity index (χ4n) is 0.672. The molecular weight excluding hydrogens is 187 g/mol. The van der Waals surface area contributed by atoms with E-state index in [1.54, 1.807) is 0 Å². The Morgan fingerprint density at radius 3 is 2.67 bits per heavy atom. The topological polar surface area (TPSA) is 50.4 Å². The van der Waals surface area contributed by atoms with E-state index >= 15 is 0 Å². The van der Waals surface area contributed by atoms with Crippen LogP contribution in [0, 0.1) is 0 Å². The largest absolute Gasteiger partial charge is 0.479 e. The maximum Gasteiger partial charge on any atom is 0.349 e. The first-order chi connectivity index (χ1) is 5.44. The summed E-state index contributed by atoms with van der Waals surface area (Å²) in [6.45, 7) is 0.893. The van der Waals surface area contributed by atoms with Crippen LogP contribution in [0.1, 0.15) is 12.7 Å². The highest BCUT2D eigenvalue weighted by Crippen LogP contribution is 2.28. The van der Waals surface area contributed by atoms with Crippen LogP contribution in [0.2, 0.25) is 5.22 Å². The molecule has 0 bridgehead atoms. The molecule has 0 fully saturated rings. The Morgan fingerprint density at radius 2 is 2.33 bits per heavy atom. The number of aliphatic carboxylic acids is 1. The van der Waals surface area contributed by atoms with E-state index in [1.165, 1.54) is 12.1 Å². The summed E-state index contributed by atoms with van der Waals surface area (Å²) in [6, 6.07) is 2.48. The average molecular weight is 193 g/mol. The molecule has 1 N–H and O–H groups in total. The van der Waals surface area contributed by atoms with Crippen LogP contribution < -0.4 is 0 Å². The monoisotopic (exact) mass is 192 g/mol. The maximum atomic E-state index is 13.2. The molecule has 0 aliphatic heterocycles. The second kappa shape index (κ2) is 2.79. The van der Waals surface area contributed by atoms with Crippen molar-refractivity contribution in [3.05, 3.63) is 23.1 Å². The fourth-order valence-corrected chi connectivity index (χ4v) is 0.818. The zero-order chi connectivity index (χ0) is 9.35. The van der Waals surface area contributed by atoms with Gasteiger partial charge in [-0.25, -0.2) is 9.18 Å². The van der Waals surface area contributed by atoms with Gasteiger partial charge in [0, 0.05) is 0 Å². The molecule has 1 aromatic rings. The highest BCUT2D eigenvalue weighted by molar-refractivity contribution is 6.28. The SMILES string of the molecule is CC(F)(C(=O)O)c1ccc(Cl)o1. The number of furan rings is 1. The molecule has 0 saturated heterocycles.